The van der Waals surface area contributed by atoms with Crippen LogP contribution in [0.2, 0.25) is 51.4 Å². The highest BCUT2D eigenvalue weighted by molar-refractivity contribution is 7.59. The van der Waals surface area contributed by atoms with Gasteiger partial charge in [-0.2, -0.15) is 27.0 Å². The SMILES string of the molecule is CC(C)(C)OC(=O)N1CCC[C@H]1c1nc2ccc(N3CCN(c4ccc5nc([C@@H]6CCCN6C(=O)OC(C)(C)C)n(COCC[Si](C)(C)C)c5c4)CC3)cc2n1COCC[Si](C)(C)C.S.S. The van der Waals surface area contributed by atoms with Crippen molar-refractivity contribution < 1.29 is 28.5 Å². The smallest absolute Gasteiger partial charge is 0.410 e. The van der Waals surface area contributed by atoms with Gasteiger partial charge in [0.05, 0.1) is 34.2 Å². The highest BCUT2D eigenvalue weighted by atomic mass is 32.1. The molecule has 3 aliphatic heterocycles. The number of imidazole rings is 2. The van der Waals surface area contributed by atoms with Crippen LogP contribution in [0.5, 0.6) is 0 Å². The number of fused-ring (bicyclic) bond motifs is 2. The van der Waals surface area contributed by atoms with Gasteiger partial charge in [0.15, 0.2) is 0 Å². The summed E-state index contributed by atoms with van der Waals surface area (Å²) in [5, 5.41) is 0. The number of piperazine rings is 1. The largest absolute Gasteiger partial charge is 0.444 e. The van der Waals surface area contributed by atoms with Crippen LogP contribution in [0.4, 0.5) is 21.0 Å². The minimum absolute atomic E-state index is 0. The number of likely N-dealkylation sites (tertiary alicyclic amines) is 2. The summed E-state index contributed by atoms with van der Waals surface area (Å²) in [6, 6.07) is 14.9. The molecule has 0 spiro atoms. The molecular weight excluding hydrogens is 905 g/mol. The molecule has 2 aromatic carbocycles. The Kier molecular flexibility index (Phi) is 17.4. The molecule has 0 saturated carbocycles. The zero-order chi connectivity index (χ0) is 46.2. The van der Waals surface area contributed by atoms with E-state index in [0.717, 1.165) is 109 Å². The average Bonchev–Trinajstić information content (AvgIpc) is 4.01. The van der Waals surface area contributed by atoms with Crippen molar-refractivity contribution in [3.63, 3.8) is 0 Å². The van der Waals surface area contributed by atoms with Crippen molar-refractivity contribution in [3.05, 3.63) is 48.0 Å². The van der Waals surface area contributed by atoms with E-state index in [2.05, 4.69) is 94.6 Å². The van der Waals surface area contributed by atoms with E-state index in [9.17, 15) is 9.59 Å². The number of hydrogen-bond acceptors (Lipinski definition) is 10. The fraction of sp³-hybridized carbons (Fsp3) is 0.667. The van der Waals surface area contributed by atoms with E-state index in [1.165, 1.54) is 0 Å². The first-order valence-corrected chi connectivity index (χ1v) is 31.1. The fourth-order valence-electron chi connectivity index (χ4n) is 8.87. The molecule has 3 saturated heterocycles. The molecule has 0 unspecified atom stereocenters. The zero-order valence-electron chi connectivity index (χ0n) is 42.0. The van der Waals surface area contributed by atoms with Crippen LogP contribution in [0.15, 0.2) is 36.4 Å². The Bertz CT molecular complexity index is 2110. The summed E-state index contributed by atoms with van der Waals surface area (Å²) in [5.74, 6) is 1.72. The number of aromatic nitrogens is 4. The molecule has 0 bridgehead atoms. The Hall–Kier alpha value is -3.43. The molecule has 7 rings (SSSR count). The molecular formula is C48H80N8O6S2Si2. The van der Waals surface area contributed by atoms with Gasteiger partial charge in [-0.3, -0.25) is 9.80 Å². The lowest BCUT2D eigenvalue weighted by Crippen LogP contribution is -2.46. The lowest BCUT2D eigenvalue weighted by atomic mass is 10.2. The minimum atomic E-state index is -1.29. The molecule has 0 N–H and O–H groups in total. The summed E-state index contributed by atoms with van der Waals surface area (Å²) in [6.07, 6.45) is 2.87. The Labute approximate surface area is 409 Å². The third kappa shape index (κ3) is 13.4. The minimum Gasteiger partial charge on any atom is -0.444 e. The molecule has 2 aromatic heterocycles. The maximum atomic E-state index is 13.4. The van der Waals surface area contributed by atoms with E-state index in [4.69, 9.17) is 28.9 Å². The van der Waals surface area contributed by atoms with Crippen molar-refractivity contribution >= 4 is 88.8 Å². The molecule has 3 fully saturated rings. The molecule has 18 heteroatoms. The highest BCUT2D eigenvalue weighted by Gasteiger charge is 2.38. The Balaban J connectivity index is 0.00000408. The van der Waals surface area contributed by atoms with Crippen molar-refractivity contribution in [2.24, 2.45) is 0 Å². The number of amides is 2. The Morgan fingerprint density at radius 1 is 0.591 bits per heavy atom. The zero-order valence-corrected chi connectivity index (χ0v) is 46.0. The average molecular weight is 986 g/mol. The summed E-state index contributed by atoms with van der Waals surface area (Å²) in [4.78, 5) is 45.8. The van der Waals surface area contributed by atoms with Gasteiger partial charge in [-0.1, -0.05) is 39.3 Å². The molecule has 0 aliphatic carbocycles. The van der Waals surface area contributed by atoms with Crippen LogP contribution >= 0.6 is 27.0 Å². The molecule has 4 aromatic rings. The van der Waals surface area contributed by atoms with E-state index in [0.29, 0.717) is 39.8 Å². The topological polar surface area (TPSA) is 120 Å². The second-order valence-electron chi connectivity index (χ2n) is 22.5. The molecule has 3 aliphatic rings. The maximum Gasteiger partial charge on any atom is 0.410 e. The predicted molar refractivity (Wildman–Crippen MR) is 283 cm³/mol. The lowest BCUT2D eigenvalue weighted by Gasteiger charge is -2.37. The van der Waals surface area contributed by atoms with Crippen LogP contribution in [-0.4, -0.2) is 121 Å². The third-order valence-corrected chi connectivity index (χ3v) is 15.7. The molecule has 0 radical (unpaired) electrons. The predicted octanol–water partition coefficient (Wildman–Crippen LogP) is 10.7. The normalized spacial score (nSPS) is 18.5. The van der Waals surface area contributed by atoms with Crippen LogP contribution in [0, 0.1) is 0 Å². The summed E-state index contributed by atoms with van der Waals surface area (Å²) in [6.45, 7) is 32.5. The fourth-order valence-corrected chi connectivity index (χ4v) is 10.4. The van der Waals surface area contributed by atoms with Crippen molar-refractivity contribution in [2.75, 3.05) is 62.3 Å². The van der Waals surface area contributed by atoms with Crippen molar-refractivity contribution in [2.45, 2.75) is 155 Å². The Morgan fingerprint density at radius 2 is 0.955 bits per heavy atom. The highest BCUT2D eigenvalue weighted by Crippen LogP contribution is 2.38. The number of hydrogen-bond donors (Lipinski definition) is 0. The van der Waals surface area contributed by atoms with E-state index in [-0.39, 0.29) is 51.3 Å². The summed E-state index contributed by atoms with van der Waals surface area (Å²) in [5.41, 5.74) is 5.00. The second kappa shape index (κ2) is 21.5. The molecule has 368 valence electrons. The van der Waals surface area contributed by atoms with Crippen LogP contribution in [0.25, 0.3) is 22.1 Å². The number of carbonyl (C=O) groups excluding carboxylic acids is 2. The van der Waals surface area contributed by atoms with Gasteiger partial charge in [-0.05, 0) is 116 Å². The standard InChI is InChI=1S/C48H76N8O6Si2.2H2S/c1-47(2,3)61-45(57)53-21-13-15-39(53)43-49-37-19-17-35(31-41(37)55(43)33-59-27-29-63(7,8)9)51-23-25-52(26-24-51)36-18-20-38-42(32-36)56(34-60-28-30-64(10,11)12)44(50-38)40-16-14-22-54(40)46(58)62-48(4,5)6;;/h17-20,31-32,39-40H,13-16,21-30,33-34H2,1-12H3;2*1H2/t39-,40-;;/m0../s1. The van der Waals surface area contributed by atoms with E-state index >= 15 is 0 Å². The third-order valence-electron chi connectivity index (χ3n) is 12.3. The molecule has 2 amide bonds. The quantitative estimate of drug-likeness (QED) is 0.0892. The second-order valence-corrected chi connectivity index (χ2v) is 33.7. The molecule has 14 nitrogen and oxygen atoms in total. The summed E-state index contributed by atoms with van der Waals surface area (Å²) in [7, 11) is -2.57. The van der Waals surface area contributed by atoms with Gasteiger partial charge in [0, 0.05) is 80.0 Å². The molecule has 5 heterocycles. The van der Waals surface area contributed by atoms with Gasteiger partial charge in [-0.15, -0.1) is 0 Å². The van der Waals surface area contributed by atoms with Gasteiger partial charge in [0.25, 0.3) is 0 Å². The van der Waals surface area contributed by atoms with Crippen LogP contribution < -0.4 is 9.80 Å². The van der Waals surface area contributed by atoms with Gasteiger partial charge < -0.3 is 37.9 Å². The number of anilines is 2. The number of nitrogens with zero attached hydrogens (tertiary/aromatic N) is 8. The van der Waals surface area contributed by atoms with Crippen molar-refractivity contribution in [3.8, 4) is 0 Å². The number of carbonyl (C=O) groups is 2. The van der Waals surface area contributed by atoms with Gasteiger partial charge in [0.1, 0.15) is 36.3 Å². The van der Waals surface area contributed by atoms with Crippen LogP contribution in [-0.2, 0) is 32.4 Å². The summed E-state index contributed by atoms with van der Waals surface area (Å²) >= 11 is 0. The Morgan fingerprint density at radius 3 is 1.29 bits per heavy atom. The van der Waals surface area contributed by atoms with Crippen LogP contribution in [0.1, 0.15) is 91.0 Å². The molecule has 2 atom stereocenters. The lowest BCUT2D eigenvalue weighted by molar-refractivity contribution is 0.0196. The maximum absolute atomic E-state index is 13.4. The number of benzene rings is 2. The van der Waals surface area contributed by atoms with Gasteiger partial charge in [-0.25, -0.2) is 19.6 Å². The summed E-state index contributed by atoms with van der Waals surface area (Å²) < 4.78 is 28.9. The van der Waals surface area contributed by atoms with E-state index in [1.807, 2.05) is 51.3 Å². The van der Waals surface area contributed by atoms with E-state index < -0.39 is 27.3 Å². The molecule has 66 heavy (non-hydrogen) atoms. The first-order chi connectivity index (χ1) is 30.0. The van der Waals surface area contributed by atoms with Crippen molar-refractivity contribution in [1.29, 1.82) is 0 Å². The van der Waals surface area contributed by atoms with Gasteiger partial charge >= 0.3 is 12.2 Å². The number of rotatable bonds is 14. The first kappa shape index (κ1) is 53.5. The van der Waals surface area contributed by atoms with Gasteiger partial charge in [0.2, 0.25) is 0 Å². The van der Waals surface area contributed by atoms with Crippen LogP contribution in [0.3, 0.4) is 0 Å². The van der Waals surface area contributed by atoms with E-state index in [1.54, 1.807) is 0 Å². The first-order valence-electron chi connectivity index (χ1n) is 23.7. The number of ether oxygens (including phenoxy) is 4. The van der Waals surface area contributed by atoms with Crippen molar-refractivity contribution in [1.82, 2.24) is 28.9 Å². The monoisotopic (exact) mass is 985 g/mol.